The second-order valence-corrected chi connectivity index (χ2v) is 6.79. The summed E-state index contributed by atoms with van der Waals surface area (Å²) >= 11 is 0. The molecule has 6 nitrogen and oxygen atoms in total. The molecule has 0 saturated heterocycles. The number of ether oxygens (including phenoxy) is 2. The number of alkyl halides is 3. The molecule has 1 heterocycles. The highest BCUT2D eigenvalue weighted by Gasteiger charge is 2.42. The molecule has 2 aliphatic rings. The fourth-order valence-corrected chi connectivity index (χ4v) is 3.57. The number of aromatic nitrogens is 1. The Hall–Kier alpha value is -2.55. The van der Waals surface area contributed by atoms with Crippen LogP contribution in [0.25, 0.3) is 12.0 Å². The summed E-state index contributed by atoms with van der Waals surface area (Å²) in [6.45, 7) is 0.264. The maximum Gasteiger partial charge on any atom is 0.433 e. The zero-order valence-electron chi connectivity index (χ0n) is 15.1. The fraction of sp³-hybridized carbons (Fsp3) is 0.474. The molecule has 0 aliphatic heterocycles. The van der Waals surface area contributed by atoms with Gasteiger partial charge in [-0.3, -0.25) is 4.79 Å². The predicted octanol–water partition coefficient (Wildman–Crippen LogP) is 1.98. The van der Waals surface area contributed by atoms with E-state index in [1.165, 1.54) is 7.11 Å². The van der Waals surface area contributed by atoms with Crippen molar-refractivity contribution in [1.29, 1.82) is 0 Å². The third kappa shape index (κ3) is 3.84. The average Bonchev–Trinajstić information content (AvgIpc) is 3.10. The Bertz CT molecular complexity index is 922. The van der Waals surface area contributed by atoms with Crippen LogP contribution >= 0.6 is 0 Å². The van der Waals surface area contributed by atoms with Crippen LogP contribution in [0, 0.1) is 11.8 Å². The molecule has 1 aromatic rings. The zero-order valence-corrected chi connectivity index (χ0v) is 15.1. The normalized spacial score (nSPS) is 24.0. The van der Waals surface area contributed by atoms with Crippen LogP contribution in [-0.4, -0.2) is 41.3 Å². The summed E-state index contributed by atoms with van der Waals surface area (Å²) in [5.41, 5.74) is -1.41. The van der Waals surface area contributed by atoms with Crippen molar-refractivity contribution >= 4 is 17.8 Å². The summed E-state index contributed by atoms with van der Waals surface area (Å²) in [6, 6.07) is 1.72. The molecule has 0 radical (unpaired) electrons. The van der Waals surface area contributed by atoms with Crippen molar-refractivity contribution in [2.45, 2.75) is 25.4 Å². The number of aliphatic hydroxyl groups excluding tert-OH is 2. The maximum atomic E-state index is 13.0. The number of Topliss-reactive ketones (excluding diaryl/α,β-unsaturated/α-hetero) is 1. The Balaban J connectivity index is 2.16. The molecule has 28 heavy (non-hydrogen) atoms. The Morgan fingerprint density at radius 1 is 1.29 bits per heavy atom. The summed E-state index contributed by atoms with van der Waals surface area (Å²) in [5, 5.41) is 20.7. The van der Waals surface area contributed by atoms with E-state index in [4.69, 9.17) is 9.47 Å². The lowest BCUT2D eigenvalue weighted by Crippen LogP contribution is -2.35. The van der Waals surface area contributed by atoms with E-state index in [1.807, 2.05) is 0 Å². The van der Waals surface area contributed by atoms with Crippen LogP contribution in [0.1, 0.15) is 25.0 Å². The van der Waals surface area contributed by atoms with Gasteiger partial charge in [-0.25, -0.2) is 4.98 Å². The Morgan fingerprint density at radius 2 is 2.00 bits per heavy atom. The molecule has 0 amide bonds. The minimum Gasteiger partial charge on any atom is -0.511 e. The number of halogens is 3. The standard InChI is InChI=1S/C19H20F3NO5/c1-27-6-7-28-9-13-12(4-5-14(23-13)19(20,21)22)18(26)15-16(24)10-2-3-11(8-10)17(15)25/h4-5,9-11,24,26H,2-3,6-8H2,1H3. The fourth-order valence-electron chi connectivity index (χ4n) is 3.57. The van der Waals surface area contributed by atoms with E-state index in [-0.39, 0.29) is 46.9 Å². The number of aliphatic hydroxyl groups is 2. The Morgan fingerprint density at radius 3 is 2.68 bits per heavy atom. The molecular formula is C19H20F3NO5. The van der Waals surface area contributed by atoms with Gasteiger partial charge in [0, 0.05) is 24.2 Å². The monoisotopic (exact) mass is 399 g/mol. The van der Waals surface area contributed by atoms with Crippen molar-refractivity contribution in [1.82, 2.24) is 4.98 Å². The molecule has 3 rings (SSSR count). The van der Waals surface area contributed by atoms with E-state index in [2.05, 4.69) is 4.98 Å². The topological polar surface area (TPSA) is 88.9 Å². The van der Waals surface area contributed by atoms with Gasteiger partial charge in [-0.1, -0.05) is 0 Å². The largest absolute Gasteiger partial charge is 0.511 e. The number of hydrogen-bond donors (Lipinski definition) is 2. The van der Waals surface area contributed by atoms with Gasteiger partial charge in [0.25, 0.3) is 0 Å². The summed E-state index contributed by atoms with van der Waals surface area (Å²) in [6.07, 6.45) is -1.96. The van der Waals surface area contributed by atoms with Gasteiger partial charge in [0.15, 0.2) is 5.78 Å². The third-order valence-corrected chi connectivity index (χ3v) is 5.00. The molecule has 2 bridgehead atoms. The van der Waals surface area contributed by atoms with Crippen molar-refractivity contribution in [3.8, 4) is 0 Å². The maximum absolute atomic E-state index is 13.0. The van der Waals surface area contributed by atoms with Gasteiger partial charge in [0.2, 0.25) is 0 Å². The molecule has 2 N–H and O–H groups in total. The van der Waals surface area contributed by atoms with E-state index in [1.54, 1.807) is 0 Å². The third-order valence-electron chi connectivity index (χ3n) is 5.00. The summed E-state index contributed by atoms with van der Waals surface area (Å²) in [7, 11) is 1.44. The second kappa shape index (κ2) is 7.83. The lowest BCUT2D eigenvalue weighted by molar-refractivity contribution is -0.141. The smallest absolute Gasteiger partial charge is 0.433 e. The highest BCUT2D eigenvalue weighted by molar-refractivity contribution is 6.08. The highest BCUT2D eigenvalue weighted by Crippen LogP contribution is 2.43. The first-order chi connectivity index (χ1) is 13.2. The van der Waals surface area contributed by atoms with Crippen LogP contribution < -0.4 is 10.6 Å². The second-order valence-electron chi connectivity index (χ2n) is 6.79. The van der Waals surface area contributed by atoms with Crippen molar-refractivity contribution in [3.63, 3.8) is 0 Å². The first kappa shape index (κ1) is 20.2. The van der Waals surface area contributed by atoms with Crippen LogP contribution in [0.4, 0.5) is 13.2 Å². The number of methoxy groups -OCH3 is 1. The van der Waals surface area contributed by atoms with Crippen LogP contribution in [-0.2, 0) is 20.4 Å². The van der Waals surface area contributed by atoms with Gasteiger partial charge in [-0.05, 0) is 31.4 Å². The minimum absolute atomic E-state index is 0.0612. The minimum atomic E-state index is -4.69. The van der Waals surface area contributed by atoms with Crippen molar-refractivity contribution in [3.05, 3.63) is 39.7 Å². The molecule has 0 aromatic carbocycles. The van der Waals surface area contributed by atoms with E-state index in [0.717, 1.165) is 12.3 Å². The van der Waals surface area contributed by atoms with Crippen molar-refractivity contribution < 1.29 is 37.7 Å². The van der Waals surface area contributed by atoms with Gasteiger partial charge in [0.1, 0.15) is 35.4 Å². The molecule has 2 aliphatic carbocycles. The quantitative estimate of drug-likeness (QED) is 0.736. The Labute approximate surface area is 158 Å². The molecule has 1 saturated carbocycles. The van der Waals surface area contributed by atoms with Gasteiger partial charge in [0.05, 0.1) is 12.2 Å². The number of carbonyl (C=O) groups is 1. The van der Waals surface area contributed by atoms with Crippen molar-refractivity contribution in [2.24, 2.45) is 11.8 Å². The molecule has 152 valence electrons. The van der Waals surface area contributed by atoms with Gasteiger partial charge in [-0.15, -0.1) is 0 Å². The highest BCUT2D eigenvalue weighted by atomic mass is 19.4. The number of nitrogens with zero attached hydrogens (tertiary/aromatic N) is 1. The lowest BCUT2D eigenvalue weighted by atomic mass is 9.85. The number of fused-ring (bicyclic) bond motifs is 2. The van der Waals surface area contributed by atoms with E-state index in [9.17, 15) is 28.2 Å². The number of carbonyl (C=O) groups excluding carboxylic acids is 1. The van der Waals surface area contributed by atoms with E-state index < -0.39 is 23.4 Å². The Kier molecular flexibility index (Phi) is 5.64. The molecule has 1 fully saturated rings. The molecule has 0 spiro atoms. The first-order valence-corrected chi connectivity index (χ1v) is 8.80. The number of allylic oxidation sites excluding steroid dienone is 1. The molecule has 2 atom stereocenters. The van der Waals surface area contributed by atoms with Crippen molar-refractivity contribution in [2.75, 3.05) is 20.3 Å². The average molecular weight is 399 g/mol. The number of hydrogen-bond acceptors (Lipinski definition) is 6. The van der Waals surface area contributed by atoms with E-state index in [0.29, 0.717) is 25.3 Å². The zero-order chi connectivity index (χ0) is 20.5. The molecular weight excluding hydrogens is 379 g/mol. The van der Waals surface area contributed by atoms with Crippen LogP contribution in [0.15, 0.2) is 23.5 Å². The number of rotatable bonds is 5. The number of pyridine rings is 1. The van der Waals surface area contributed by atoms with Crippen LogP contribution in [0.3, 0.4) is 0 Å². The van der Waals surface area contributed by atoms with Gasteiger partial charge < -0.3 is 19.7 Å². The molecule has 2 unspecified atom stereocenters. The SMILES string of the molecule is COCCOC=c1nc(C(F)(F)F)ccc1=C(O)C1=C(O)C2CCC(C2)C1=O. The van der Waals surface area contributed by atoms with Gasteiger partial charge >= 0.3 is 6.18 Å². The van der Waals surface area contributed by atoms with Crippen LogP contribution in [0.5, 0.6) is 0 Å². The molecule has 1 aromatic heterocycles. The molecule has 9 heteroatoms. The van der Waals surface area contributed by atoms with Gasteiger partial charge in [-0.2, -0.15) is 13.2 Å². The van der Waals surface area contributed by atoms with Crippen LogP contribution in [0.2, 0.25) is 0 Å². The van der Waals surface area contributed by atoms with E-state index >= 15 is 0 Å². The summed E-state index contributed by atoms with van der Waals surface area (Å²) < 4.78 is 49.0. The summed E-state index contributed by atoms with van der Waals surface area (Å²) in [5.74, 6) is -1.75. The summed E-state index contributed by atoms with van der Waals surface area (Å²) in [4.78, 5) is 16.1. The first-order valence-electron chi connectivity index (χ1n) is 8.80. The number of ketones is 1. The predicted molar refractivity (Wildman–Crippen MR) is 92.3 cm³/mol. The lowest BCUT2D eigenvalue weighted by Gasteiger charge is -2.21.